The number of aryl methyl sites for hydroxylation is 1. The fourth-order valence-corrected chi connectivity index (χ4v) is 3.54. The van der Waals surface area contributed by atoms with Gasteiger partial charge in [0.15, 0.2) is 17.7 Å². The molecule has 2 aliphatic heterocycles. The van der Waals surface area contributed by atoms with E-state index in [0.717, 1.165) is 0 Å². The van der Waals surface area contributed by atoms with E-state index in [9.17, 15) is 9.18 Å². The van der Waals surface area contributed by atoms with Gasteiger partial charge in [-0.05, 0) is 30.7 Å². The van der Waals surface area contributed by atoms with Crippen molar-refractivity contribution >= 4 is 11.6 Å². The molecule has 2 aromatic rings. The van der Waals surface area contributed by atoms with Crippen LogP contribution >= 0.6 is 0 Å². The highest BCUT2D eigenvalue weighted by molar-refractivity contribution is 6.02. The number of methoxy groups -OCH3 is 1. The summed E-state index contributed by atoms with van der Waals surface area (Å²) < 4.78 is 29.8. The van der Waals surface area contributed by atoms with Crippen LogP contribution in [0, 0.1) is 12.7 Å². The number of rotatable bonds is 7. The summed E-state index contributed by atoms with van der Waals surface area (Å²) in [6, 6.07) is 5.93. The third-order valence-corrected chi connectivity index (χ3v) is 5.34. The Bertz CT molecular complexity index is 1040. The highest BCUT2D eigenvalue weighted by atomic mass is 19.1. The molecule has 1 fully saturated rings. The second-order valence-corrected chi connectivity index (χ2v) is 7.73. The first-order chi connectivity index (χ1) is 16.0. The van der Waals surface area contributed by atoms with Crippen LogP contribution in [-0.2, 0) is 20.9 Å². The van der Waals surface area contributed by atoms with Crippen molar-refractivity contribution in [1.82, 2.24) is 15.3 Å². The normalized spacial score (nSPS) is 22.4. The van der Waals surface area contributed by atoms with Gasteiger partial charge < -0.3 is 29.5 Å². The van der Waals surface area contributed by atoms with E-state index in [2.05, 4.69) is 20.4 Å². The van der Waals surface area contributed by atoms with Gasteiger partial charge in [-0.3, -0.25) is 4.79 Å². The quantitative estimate of drug-likeness (QED) is 0.630. The first-order valence-electron chi connectivity index (χ1n) is 10.5. The second-order valence-electron chi connectivity index (χ2n) is 7.73. The van der Waals surface area contributed by atoms with Gasteiger partial charge >= 0.3 is 0 Å². The molecule has 4 rings (SSSR count). The molecule has 11 heteroatoms. The lowest BCUT2D eigenvalue weighted by molar-refractivity contribution is -0.178. The number of benzene rings is 1. The highest BCUT2D eigenvalue weighted by Crippen LogP contribution is 2.23. The average Bonchev–Trinajstić information content (AvgIpc) is 3.33. The Morgan fingerprint density at radius 1 is 1.24 bits per heavy atom. The van der Waals surface area contributed by atoms with Crippen LogP contribution in [0.4, 0.5) is 4.39 Å². The number of hydrogen-bond donors (Lipinski definition) is 2. The molecule has 2 N–H and O–H groups in total. The van der Waals surface area contributed by atoms with E-state index >= 15 is 0 Å². The van der Waals surface area contributed by atoms with Gasteiger partial charge in [0, 0.05) is 13.0 Å². The lowest BCUT2D eigenvalue weighted by Gasteiger charge is -2.30. The number of amides is 1. The number of aliphatic hydroxyl groups is 1. The van der Waals surface area contributed by atoms with Crippen LogP contribution in [0.15, 0.2) is 29.4 Å². The van der Waals surface area contributed by atoms with E-state index < -0.39 is 11.7 Å². The lowest BCUT2D eigenvalue weighted by Crippen LogP contribution is -2.43. The average molecular weight is 460 g/mol. The number of aliphatic hydroxyl groups excluding tert-OH is 1. The zero-order chi connectivity index (χ0) is 23.4. The van der Waals surface area contributed by atoms with Crippen LogP contribution in [0.1, 0.15) is 34.0 Å². The summed E-state index contributed by atoms with van der Waals surface area (Å²) in [4.78, 5) is 26.8. The lowest BCUT2D eigenvalue weighted by atomic mass is 10.0. The molecule has 3 heterocycles. The van der Waals surface area contributed by atoms with Crippen molar-refractivity contribution in [1.29, 1.82) is 0 Å². The van der Waals surface area contributed by atoms with Gasteiger partial charge in [-0.25, -0.2) is 14.4 Å². The Kier molecular flexibility index (Phi) is 7.11. The van der Waals surface area contributed by atoms with Crippen LogP contribution in [0.25, 0.3) is 0 Å². The van der Waals surface area contributed by atoms with Crippen LogP contribution in [-0.4, -0.2) is 71.9 Å². The van der Waals surface area contributed by atoms with E-state index in [0.29, 0.717) is 35.8 Å². The number of hydrogen-bond acceptors (Lipinski definition) is 9. The van der Waals surface area contributed by atoms with Crippen molar-refractivity contribution in [2.75, 3.05) is 26.9 Å². The highest BCUT2D eigenvalue weighted by Gasteiger charge is 2.35. The number of nitrogens with one attached hydrogen (secondary N) is 1. The Hall–Kier alpha value is -3.15. The van der Waals surface area contributed by atoms with Crippen molar-refractivity contribution in [3.63, 3.8) is 0 Å². The minimum absolute atomic E-state index is 0.0975. The molecule has 33 heavy (non-hydrogen) atoms. The molecule has 1 saturated heterocycles. The number of oxime groups is 1. The molecule has 3 atom stereocenters. The molecule has 0 aliphatic carbocycles. The molecule has 0 radical (unpaired) electrons. The summed E-state index contributed by atoms with van der Waals surface area (Å²) in [6.07, 6.45) is -0.553. The monoisotopic (exact) mass is 460 g/mol. The van der Waals surface area contributed by atoms with Crippen molar-refractivity contribution < 1.29 is 33.3 Å². The van der Waals surface area contributed by atoms with Gasteiger partial charge in [-0.15, -0.1) is 0 Å². The first-order valence-corrected chi connectivity index (χ1v) is 10.5. The number of halogens is 1. The number of aromatic nitrogens is 2. The predicted molar refractivity (Wildman–Crippen MR) is 113 cm³/mol. The second kappa shape index (κ2) is 10.2. The summed E-state index contributed by atoms with van der Waals surface area (Å²) in [6.45, 7) is 2.34. The summed E-state index contributed by atoms with van der Waals surface area (Å²) >= 11 is 0. The summed E-state index contributed by atoms with van der Waals surface area (Å²) in [5, 5.41) is 16.0. The maximum absolute atomic E-state index is 13.6. The molecule has 2 aliphatic rings. The third kappa shape index (κ3) is 5.44. The molecule has 10 nitrogen and oxygen atoms in total. The van der Waals surface area contributed by atoms with Crippen molar-refractivity contribution in [3.05, 3.63) is 52.9 Å². The molecule has 1 amide bonds. The predicted octanol–water partition coefficient (Wildman–Crippen LogP) is 1.13. The van der Waals surface area contributed by atoms with Crippen molar-refractivity contribution in [2.24, 2.45) is 5.16 Å². The zero-order valence-corrected chi connectivity index (χ0v) is 18.3. The molecule has 1 aromatic carbocycles. The van der Waals surface area contributed by atoms with E-state index in [1.54, 1.807) is 19.1 Å². The summed E-state index contributed by atoms with van der Waals surface area (Å²) in [7, 11) is 1.38. The van der Waals surface area contributed by atoms with Gasteiger partial charge in [0.1, 0.15) is 29.4 Å². The molecular weight excluding hydrogens is 435 g/mol. The molecular formula is C22H25FN4O6. The van der Waals surface area contributed by atoms with Gasteiger partial charge in [0.05, 0.1) is 32.6 Å². The van der Waals surface area contributed by atoms with E-state index in [4.69, 9.17) is 24.2 Å². The number of nitrogens with zero attached hydrogens (tertiary/aromatic N) is 3. The van der Waals surface area contributed by atoms with Gasteiger partial charge in [-0.2, -0.15) is 0 Å². The molecule has 0 bridgehead atoms. The molecule has 176 valence electrons. The molecule has 0 spiro atoms. The van der Waals surface area contributed by atoms with Crippen LogP contribution < -0.4 is 10.1 Å². The van der Waals surface area contributed by atoms with Crippen molar-refractivity contribution in [3.8, 4) is 5.75 Å². The van der Waals surface area contributed by atoms with E-state index in [1.807, 2.05) is 0 Å². The smallest absolute Gasteiger partial charge is 0.270 e. The molecule has 1 aromatic heterocycles. The molecule has 0 saturated carbocycles. The minimum atomic E-state index is -0.472. The summed E-state index contributed by atoms with van der Waals surface area (Å²) in [5.74, 6) is -0.356. The SMILES string of the molecule is COc1cc(CNC(=O)c2cc(C3=NO[C@H]([C@@H]4CO[C@@H](CO)CO4)C3)nc(C)n2)ccc1F. The minimum Gasteiger partial charge on any atom is -0.494 e. The van der Waals surface area contributed by atoms with Crippen LogP contribution in [0.3, 0.4) is 0 Å². The number of ether oxygens (including phenoxy) is 3. The number of carbonyl (C=O) groups excluding carboxylic acids is 1. The standard InChI is InChI=1S/C22H25FN4O6/c1-12-25-16(17-7-20(33-27-17)21-11-31-14(9-28)10-32-21)6-18(26-12)22(29)24-8-13-3-4-15(23)19(5-13)30-2/h3-6,14,20-21,28H,7-11H2,1-2H3,(H,24,29)/t14-,20-,21-/m0/s1. The summed E-state index contributed by atoms with van der Waals surface area (Å²) in [5.41, 5.74) is 1.93. The van der Waals surface area contributed by atoms with Crippen LogP contribution in [0.2, 0.25) is 0 Å². The fraction of sp³-hybridized carbons (Fsp3) is 0.455. The number of carbonyl (C=O) groups is 1. The fourth-order valence-electron chi connectivity index (χ4n) is 3.54. The van der Waals surface area contributed by atoms with Crippen LogP contribution in [0.5, 0.6) is 5.75 Å². The topological polar surface area (TPSA) is 124 Å². The van der Waals surface area contributed by atoms with E-state index in [1.165, 1.54) is 19.2 Å². The Balaban J connectivity index is 1.39. The van der Waals surface area contributed by atoms with Gasteiger partial charge in [0.25, 0.3) is 5.91 Å². The Morgan fingerprint density at radius 3 is 2.82 bits per heavy atom. The third-order valence-electron chi connectivity index (χ3n) is 5.34. The Labute approximate surface area is 189 Å². The largest absolute Gasteiger partial charge is 0.494 e. The van der Waals surface area contributed by atoms with Gasteiger partial charge in [0.2, 0.25) is 0 Å². The maximum Gasteiger partial charge on any atom is 0.270 e. The first kappa shape index (κ1) is 23.0. The Morgan fingerprint density at radius 2 is 2.09 bits per heavy atom. The maximum atomic E-state index is 13.6. The molecule has 0 unspecified atom stereocenters. The van der Waals surface area contributed by atoms with Gasteiger partial charge in [-0.1, -0.05) is 11.2 Å². The zero-order valence-electron chi connectivity index (χ0n) is 18.3. The van der Waals surface area contributed by atoms with E-state index in [-0.39, 0.29) is 49.5 Å². The van der Waals surface area contributed by atoms with Crippen molar-refractivity contribution in [2.45, 2.75) is 38.2 Å².